The number of para-hydroxylation sites is 1. The summed E-state index contributed by atoms with van der Waals surface area (Å²) in [4.78, 5) is 35.5. The first kappa shape index (κ1) is 18.2. The summed E-state index contributed by atoms with van der Waals surface area (Å²) in [5.41, 5.74) is 1.29. The molecule has 6 heteroatoms. The van der Waals surface area contributed by atoms with Gasteiger partial charge in [-0.3, -0.25) is 9.59 Å². The minimum atomic E-state index is -0.508. The smallest absolute Gasteiger partial charge is 0.339 e. The number of benzene rings is 2. The van der Waals surface area contributed by atoms with Gasteiger partial charge >= 0.3 is 5.97 Å². The van der Waals surface area contributed by atoms with E-state index >= 15 is 0 Å². The third-order valence-electron chi connectivity index (χ3n) is 3.51. The zero-order chi connectivity index (χ0) is 18.1. The van der Waals surface area contributed by atoms with E-state index in [9.17, 15) is 14.4 Å². The Morgan fingerprint density at radius 3 is 2.36 bits per heavy atom. The number of amides is 2. The molecule has 25 heavy (non-hydrogen) atoms. The van der Waals surface area contributed by atoms with Gasteiger partial charge in [-0.1, -0.05) is 30.3 Å². The minimum absolute atomic E-state index is 0.169. The first-order chi connectivity index (χ1) is 12.1. The van der Waals surface area contributed by atoms with Gasteiger partial charge in [0.1, 0.15) is 0 Å². The topological polar surface area (TPSA) is 84.5 Å². The number of esters is 1. The molecule has 0 fully saturated rings. The van der Waals surface area contributed by atoms with Crippen molar-refractivity contribution in [2.75, 3.05) is 19.0 Å². The monoisotopic (exact) mass is 340 g/mol. The maximum atomic E-state index is 12.0. The molecule has 0 aliphatic heterocycles. The summed E-state index contributed by atoms with van der Waals surface area (Å²) in [5, 5.41) is 5.46. The molecule has 0 aromatic heterocycles. The standard InChI is InChI=1S/C19H20N2O4/c1-25-19(24)15-10-5-6-11-16(15)21-17(22)12-7-13-20-18(23)14-8-3-2-4-9-14/h2-6,8-11H,7,12-13H2,1H3,(H,20,23)(H,21,22). The minimum Gasteiger partial charge on any atom is -0.465 e. The molecule has 0 bridgehead atoms. The molecular weight excluding hydrogens is 320 g/mol. The van der Waals surface area contributed by atoms with Gasteiger partial charge in [-0.05, 0) is 30.7 Å². The normalized spacial score (nSPS) is 9.96. The Morgan fingerprint density at radius 1 is 0.960 bits per heavy atom. The maximum absolute atomic E-state index is 12.0. The molecule has 0 atom stereocenters. The Morgan fingerprint density at radius 2 is 1.64 bits per heavy atom. The van der Waals surface area contributed by atoms with Gasteiger partial charge in [-0.25, -0.2) is 4.79 Å². The lowest BCUT2D eigenvalue weighted by Crippen LogP contribution is -2.25. The number of anilines is 1. The fraction of sp³-hybridized carbons (Fsp3) is 0.211. The van der Waals surface area contributed by atoms with Gasteiger partial charge in [0.2, 0.25) is 5.91 Å². The first-order valence-corrected chi connectivity index (χ1v) is 7.92. The predicted molar refractivity (Wildman–Crippen MR) is 94.4 cm³/mol. The Hall–Kier alpha value is -3.15. The van der Waals surface area contributed by atoms with Crippen LogP contribution in [0.2, 0.25) is 0 Å². The molecule has 2 aromatic rings. The van der Waals surface area contributed by atoms with Crippen LogP contribution in [0, 0.1) is 0 Å². The zero-order valence-electron chi connectivity index (χ0n) is 14.0. The van der Waals surface area contributed by atoms with Crippen LogP contribution in [0.5, 0.6) is 0 Å². The van der Waals surface area contributed by atoms with E-state index in [0.717, 1.165) is 0 Å². The Kier molecular flexibility index (Phi) is 6.71. The second-order valence-corrected chi connectivity index (χ2v) is 5.31. The van der Waals surface area contributed by atoms with Crippen molar-refractivity contribution in [3.8, 4) is 0 Å². The van der Waals surface area contributed by atoms with Crippen molar-refractivity contribution in [1.82, 2.24) is 5.32 Å². The summed E-state index contributed by atoms with van der Waals surface area (Å²) in [5.74, 6) is -0.909. The van der Waals surface area contributed by atoms with Crippen LogP contribution in [-0.4, -0.2) is 31.4 Å². The molecule has 0 spiro atoms. The van der Waals surface area contributed by atoms with Crippen molar-refractivity contribution in [2.45, 2.75) is 12.8 Å². The van der Waals surface area contributed by atoms with E-state index in [2.05, 4.69) is 15.4 Å². The third kappa shape index (κ3) is 5.46. The molecule has 0 aliphatic carbocycles. The van der Waals surface area contributed by atoms with Crippen LogP contribution in [-0.2, 0) is 9.53 Å². The van der Waals surface area contributed by atoms with Gasteiger partial charge in [0.15, 0.2) is 0 Å². The van der Waals surface area contributed by atoms with Crippen molar-refractivity contribution < 1.29 is 19.1 Å². The molecule has 0 saturated carbocycles. The lowest BCUT2D eigenvalue weighted by atomic mass is 10.1. The van der Waals surface area contributed by atoms with Gasteiger partial charge in [0, 0.05) is 18.5 Å². The number of ether oxygens (including phenoxy) is 1. The van der Waals surface area contributed by atoms with Gasteiger partial charge in [0.25, 0.3) is 5.91 Å². The van der Waals surface area contributed by atoms with Crippen LogP contribution in [0.25, 0.3) is 0 Å². The average Bonchev–Trinajstić information content (AvgIpc) is 2.65. The van der Waals surface area contributed by atoms with Crippen LogP contribution in [0.3, 0.4) is 0 Å². The zero-order valence-corrected chi connectivity index (χ0v) is 14.0. The lowest BCUT2D eigenvalue weighted by Gasteiger charge is -2.10. The molecule has 2 aromatic carbocycles. The van der Waals surface area contributed by atoms with E-state index < -0.39 is 5.97 Å². The molecule has 130 valence electrons. The molecular formula is C19H20N2O4. The fourth-order valence-electron chi connectivity index (χ4n) is 2.24. The second-order valence-electron chi connectivity index (χ2n) is 5.31. The lowest BCUT2D eigenvalue weighted by molar-refractivity contribution is -0.116. The summed E-state index contributed by atoms with van der Waals surface area (Å²) >= 11 is 0. The number of hydrogen-bond donors (Lipinski definition) is 2. The van der Waals surface area contributed by atoms with Crippen LogP contribution >= 0.6 is 0 Å². The molecule has 0 aliphatic rings. The van der Waals surface area contributed by atoms with Crippen LogP contribution < -0.4 is 10.6 Å². The maximum Gasteiger partial charge on any atom is 0.339 e. The Labute approximate surface area is 146 Å². The van der Waals surface area contributed by atoms with E-state index in [1.165, 1.54) is 7.11 Å². The largest absolute Gasteiger partial charge is 0.465 e. The van der Waals surface area contributed by atoms with Crippen molar-refractivity contribution in [3.63, 3.8) is 0 Å². The van der Waals surface area contributed by atoms with Crippen molar-refractivity contribution >= 4 is 23.5 Å². The van der Waals surface area contributed by atoms with Crippen LogP contribution in [0.1, 0.15) is 33.6 Å². The Bertz CT molecular complexity index is 744. The number of carbonyl (C=O) groups excluding carboxylic acids is 3. The van der Waals surface area contributed by atoms with Gasteiger partial charge in [-0.2, -0.15) is 0 Å². The SMILES string of the molecule is COC(=O)c1ccccc1NC(=O)CCCNC(=O)c1ccccc1. The molecule has 2 rings (SSSR count). The Balaban J connectivity index is 1.78. The van der Waals surface area contributed by atoms with E-state index in [1.807, 2.05) is 6.07 Å². The second kappa shape index (κ2) is 9.22. The third-order valence-corrected chi connectivity index (χ3v) is 3.51. The van der Waals surface area contributed by atoms with E-state index in [1.54, 1.807) is 48.5 Å². The molecule has 2 N–H and O–H groups in total. The first-order valence-electron chi connectivity index (χ1n) is 7.92. The molecule has 0 saturated heterocycles. The van der Waals surface area contributed by atoms with Gasteiger partial charge < -0.3 is 15.4 Å². The highest BCUT2D eigenvalue weighted by Gasteiger charge is 2.13. The summed E-state index contributed by atoms with van der Waals surface area (Å²) in [7, 11) is 1.29. The summed E-state index contributed by atoms with van der Waals surface area (Å²) in [6.45, 7) is 0.389. The number of methoxy groups -OCH3 is 1. The number of rotatable bonds is 7. The van der Waals surface area contributed by atoms with Crippen LogP contribution in [0.15, 0.2) is 54.6 Å². The van der Waals surface area contributed by atoms with Crippen LogP contribution in [0.4, 0.5) is 5.69 Å². The highest BCUT2D eigenvalue weighted by molar-refractivity contribution is 6.01. The van der Waals surface area contributed by atoms with E-state index in [4.69, 9.17) is 0 Å². The number of hydrogen-bond acceptors (Lipinski definition) is 4. The highest BCUT2D eigenvalue weighted by atomic mass is 16.5. The quantitative estimate of drug-likeness (QED) is 0.599. The number of carbonyl (C=O) groups is 3. The summed E-state index contributed by atoms with van der Waals surface area (Å²) in [6.07, 6.45) is 0.718. The fourth-order valence-corrected chi connectivity index (χ4v) is 2.24. The number of nitrogens with one attached hydrogen (secondary N) is 2. The van der Waals surface area contributed by atoms with Crippen molar-refractivity contribution in [2.24, 2.45) is 0 Å². The molecule has 0 heterocycles. The average molecular weight is 340 g/mol. The highest BCUT2D eigenvalue weighted by Crippen LogP contribution is 2.16. The van der Waals surface area contributed by atoms with Gasteiger partial charge in [0.05, 0.1) is 18.4 Å². The molecule has 0 unspecified atom stereocenters. The van der Waals surface area contributed by atoms with Crippen molar-refractivity contribution in [3.05, 3.63) is 65.7 Å². The van der Waals surface area contributed by atoms with Crippen molar-refractivity contribution in [1.29, 1.82) is 0 Å². The van der Waals surface area contributed by atoms with E-state index in [-0.39, 0.29) is 18.2 Å². The molecule has 0 radical (unpaired) electrons. The van der Waals surface area contributed by atoms with E-state index in [0.29, 0.717) is 29.8 Å². The molecule has 2 amide bonds. The molecule has 6 nitrogen and oxygen atoms in total. The summed E-state index contributed by atoms with van der Waals surface area (Å²) < 4.78 is 4.69. The predicted octanol–water partition coefficient (Wildman–Crippen LogP) is 2.62. The summed E-state index contributed by atoms with van der Waals surface area (Å²) in [6, 6.07) is 15.5. The van der Waals surface area contributed by atoms with Gasteiger partial charge in [-0.15, -0.1) is 0 Å².